The van der Waals surface area contributed by atoms with E-state index in [9.17, 15) is 18.0 Å². The molecule has 5 aromatic rings. The minimum Gasteiger partial charge on any atom is -0.456 e. The summed E-state index contributed by atoms with van der Waals surface area (Å²) in [5.74, 6) is -0.326. The van der Waals surface area contributed by atoms with Gasteiger partial charge in [-0.05, 0) is 97.3 Å². The lowest BCUT2D eigenvalue weighted by molar-refractivity contribution is -0.119. The van der Waals surface area contributed by atoms with Gasteiger partial charge in [-0.25, -0.2) is 0 Å². The molecule has 0 spiro atoms. The molecule has 0 bridgehead atoms. The topological polar surface area (TPSA) is 126 Å². The van der Waals surface area contributed by atoms with Crippen molar-refractivity contribution in [3.05, 3.63) is 138 Å². The zero-order valence-corrected chi connectivity index (χ0v) is 27.3. The lowest BCUT2D eigenvalue weighted by Crippen LogP contribution is -2.29. The van der Waals surface area contributed by atoms with Crippen molar-refractivity contribution in [2.24, 2.45) is 5.92 Å². The Morgan fingerprint density at radius 2 is 1.56 bits per heavy atom. The first kappa shape index (κ1) is 32.9. The van der Waals surface area contributed by atoms with Gasteiger partial charge < -0.3 is 15.1 Å². The third-order valence-electron chi connectivity index (χ3n) is 8.72. The molecule has 0 saturated heterocycles. The Morgan fingerprint density at radius 1 is 0.875 bits per heavy atom. The molecule has 1 heterocycles. The first-order valence-electron chi connectivity index (χ1n) is 16.2. The van der Waals surface area contributed by atoms with E-state index in [-0.39, 0.29) is 12.5 Å². The minimum absolute atomic E-state index is 0.113. The monoisotopic (exact) mass is 662 g/mol. The van der Waals surface area contributed by atoms with E-state index in [2.05, 4.69) is 47.1 Å². The maximum Gasteiger partial charge on any atom is 0.266 e. The lowest BCUT2D eigenvalue weighted by Gasteiger charge is -2.19. The molecule has 0 saturated carbocycles. The molecule has 6 rings (SSSR count). The van der Waals surface area contributed by atoms with Crippen molar-refractivity contribution in [1.82, 2.24) is 5.32 Å². The minimum atomic E-state index is -4.17. The second kappa shape index (κ2) is 14.8. The van der Waals surface area contributed by atoms with Crippen LogP contribution in [0.2, 0.25) is 0 Å². The number of para-hydroxylation sites is 1. The van der Waals surface area contributed by atoms with E-state index in [0.29, 0.717) is 30.0 Å². The van der Waals surface area contributed by atoms with E-state index >= 15 is 0 Å². The summed E-state index contributed by atoms with van der Waals surface area (Å²) >= 11 is 0. The van der Waals surface area contributed by atoms with Crippen LogP contribution in [0.25, 0.3) is 22.3 Å². The Morgan fingerprint density at radius 3 is 2.21 bits per heavy atom. The Hall–Kier alpha value is -4.99. The highest BCUT2D eigenvalue weighted by atomic mass is 32.2. The van der Waals surface area contributed by atoms with Gasteiger partial charge in [0.2, 0.25) is 5.91 Å². The highest BCUT2D eigenvalue weighted by molar-refractivity contribution is 7.85. The van der Waals surface area contributed by atoms with Gasteiger partial charge in [-0.15, -0.1) is 0 Å². The van der Waals surface area contributed by atoms with Crippen molar-refractivity contribution in [2.75, 3.05) is 17.6 Å². The average molecular weight is 663 g/mol. The molecule has 0 aliphatic heterocycles. The molecular formula is C39H38N2O6S. The highest BCUT2D eigenvalue weighted by Crippen LogP contribution is 2.30. The van der Waals surface area contributed by atoms with Crippen molar-refractivity contribution in [3.63, 3.8) is 0 Å². The normalized spacial score (nSPS) is 15.2. The summed E-state index contributed by atoms with van der Waals surface area (Å²) in [4.78, 5) is 26.3. The number of nitrogens with one attached hydrogen (secondary N) is 2. The molecule has 0 radical (unpaired) electrons. The van der Waals surface area contributed by atoms with E-state index in [1.807, 2.05) is 54.6 Å². The van der Waals surface area contributed by atoms with E-state index < -0.39 is 27.7 Å². The number of rotatable bonds is 12. The summed E-state index contributed by atoms with van der Waals surface area (Å²) in [6, 6.07) is 32.9. The second-order valence-electron chi connectivity index (χ2n) is 12.3. The van der Waals surface area contributed by atoms with Gasteiger partial charge in [-0.3, -0.25) is 14.1 Å². The fourth-order valence-electron chi connectivity index (χ4n) is 6.09. The summed E-state index contributed by atoms with van der Waals surface area (Å²) in [5, 5.41) is 6.62. The SMILES string of the molecule is O=C(NCCS(=O)(=O)O)c1ccc(CC(Cc2ccc(C3C=CCCC3)cc2)C(=O)Nc2ccc(-c3cc4ccccc4o3)cc2)cc1. The van der Waals surface area contributed by atoms with Crippen LogP contribution in [0, 0.1) is 5.92 Å². The van der Waals surface area contributed by atoms with E-state index in [1.54, 1.807) is 24.3 Å². The predicted molar refractivity (Wildman–Crippen MR) is 189 cm³/mol. The molecule has 1 aliphatic rings. The van der Waals surface area contributed by atoms with Crippen LogP contribution in [0.15, 0.2) is 120 Å². The molecule has 4 aromatic carbocycles. The van der Waals surface area contributed by atoms with E-state index in [0.717, 1.165) is 46.3 Å². The summed E-state index contributed by atoms with van der Waals surface area (Å²) in [6.45, 7) is -0.198. The zero-order valence-electron chi connectivity index (χ0n) is 26.5. The van der Waals surface area contributed by atoms with E-state index in [4.69, 9.17) is 8.97 Å². The number of amides is 2. The van der Waals surface area contributed by atoms with Gasteiger partial charge in [0.25, 0.3) is 16.0 Å². The molecule has 1 aromatic heterocycles. The molecule has 48 heavy (non-hydrogen) atoms. The third kappa shape index (κ3) is 8.67. The molecule has 2 unspecified atom stereocenters. The molecule has 246 valence electrons. The highest BCUT2D eigenvalue weighted by Gasteiger charge is 2.21. The molecule has 2 amide bonds. The summed E-state index contributed by atoms with van der Waals surface area (Å²) in [5.41, 5.74) is 6.00. The number of carbonyl (C=O) groups is 2. The molecular weight excluding hydrogens is 625 g/mol. The first-order chi connectivity index (χ1) is 23.2. The molecule has 3 N–H and O–H groups in total. The maximum atomic E-state index is 13.8. The Kier molecular flexibility index (Phi) is 10.2. The molecule has 0 fully saturated rings. The van der Waals surface area contributed by atoms with Crippen LogP contribution in [0.1, 0.15) is 52.2 Å². The number of fused-ring (bicyclic) bond motifs is 1. The number of benzene rings is 4. The van der Waals surface area contributed by atoms with Gasteiger partial charge in [0, 0.05) is 40.6 Å². The molecule has 2 atom stereocenters. The fraction of sp³-hybridized carbons (Fsp3) is 0.231. The van der Waals surface area contributed by atoms with E-state index in [1.165, 1.54) is 12.0 Å². The Balaban J connectivity index is 1.16. The molecule has 8 nitrogen and oxygen atoms in total. The van der Waals surface area contributed by atoms with Crippen LogP contribution in [-0.4, -0.2) is 37.1 Å². The summed E-state index contributed by atoms with van der Waals surface area (Å²) < 4.78 is 36.8. The number of hydrogen-bond donors (Lipinski definition) is 3. The Labute approximate surface area is 280 Å². The maximum absolute atomic E-state index is 13.8. The number of hydrogen-bond acceptors (Lipinski definition) is 5. The number of carbonyl (C=O) groups excluding carboxylic acids is 2. The largest absolute Gasteiger partial charge is 0.456 e. The fourth-order valence-corrected chi connectivity index (χ4v) is 6.45. The Bertz CT molecular complexity index is 1980. The first-order valence-corrected chi connectivity index (χ1v) is 17.8. The summed E-state index contributed by atoms with van der Waals surface area (Å²) in [7, 11) is -4.17. The van der Waals surface area contributed by atoms with Crippen LogP contribution in [0.3, 0.4) is 0 Å². The van der Waals surface area contributed by atoms with Crippen LogP contribution >= 0.6 is 0 Å². The van der Waals surface area contributed by atoms with Crippen molar-refractivity contribution in [1.29, 1.82) is 0 Å². The van der Waals surface area contributed by atoms with Gasteiger partial charge in [-0.2, -0.15) is 8.42 Å². The number of allylic oxidation sites excluding steroid dienone is 2. The second-order valence-corrected chi connectivity index (χ2v) is 13.8. The number of anilines is 1. The zero-order chi connectivity index (χ0) is 33.5. The van der Waals surface area contributed by atoms with Gasteiger partial charge in [0.1, 0.15) is 11.3 Å². The third-order valence-corrected chi connectivity index (χ3v) is 9.44. The molecule has 9 heteroatoms. The summed E-state index contributed by atoms with van der Waals surface area (Å²) in [6.07, 6.45) is 8.97. The standard InChI is InChI=1S/C39H38N2O6S/c42-38(40-22-23-48(44,45)46)32-16-12-28(13-17-32)25-34(24-27-10-14-30(15-11-27)29-6-2-1-3-7-29)39(43)41-35-20-18-31(19-21-35)37-26-33-8-4-5-9-36(33)47-37/h2,4-6,8-21,26,29,34H,1,3,7,22-25H2,(H,40,42)(H,41,43)(H,44,45,46). The lowest BCUT2D eigenvalue weighted by atomic mass is 9.87. The predicted octanol–water partition coefficient (Wildman–Crippen LogP) is 7.58. The smallest absolute Gasteiger partial charge is 0.266 e. The quantitative estimate of drug-likeness (QED) is 0.0934. The average Bonchev–Trinajstić information content (AvgIpc) is 3.53. The van der Waals surface area contributed by atoms with Crippen LogP contribution < -0.4 is 10.6 Å². The van der Waals surface area contributed by atoms with Gasteiger partial charge in [0.05, 0.1) is 5.75 Å². The molecule has 1 aliphatic carbocycles. The van der Waals surface area contributed by atoms with Crippen LogP contribution in [-0.2, 0) is 27.8 Å². The van der Waals surface area contributed by atoms with Crippen LogP contribution in [0.4, 0.5) is 5.69 Å². The van der Waals surface area contributed by atoms with Crippen molar-refractivity contribution in [3.8, 4) is 11.3 Å². The van der Waals surface area contributed by atoms with Crippen molar-refractivity contribution < 1.29 is 27.0 Å². The number of furan rings is 1. The van der Waals surface area contributed by atoms with Crippen molar-refractivity contribution >= 4 is 38.6 Å². The van der Waals surface area contributed by atoms with Crippen molar-refractivity contribution in [2.45, 2.75) is 38.0 Å². The van der Waals surface area contributed by atoms with Crippen LogP contribution in [0.5, 0.6) is 0 Å². The van der Waals surface area contributed by atoms with Gasteiger partial charge >= 0.3 is 0 Å². The van der Waals surface area contributed by atoms with Gasteiger partial charge in [-0.1, -0.05) is 66.7 Å². The van der Waals surface area contributed by atoms with Gasteiger partial charge in [0.15, 0.2) is 0 Å².